The SMILES string of the molecule is Brc1noc(CC2CCC2)n1. The van der Waals surface area contributed by atoms with Gasteiger partial charge in [0.05, 0.1) is 0 Å². The van der Waals surface area contributed by atoms with Crippen LogP contribution in [0.3, 0.4) is 0 Å². The molecule has 1 aromatic rings. The molecule has 0 unspecified atom stereocenters. The molecular formula is C7H9BrN2O. The molecule has 0 amide bonds. The molecule has 0 bridgehead atoms. The molecule has 0 aromatic carbocycles. The molecule has 0 radical (unpaired) electrons. The molecule has 0 spiro atoms. The van der Waals surface area contributed by atoms with E-state index in [0.717, 1.165) is 18.2 Å². The lowest BCUT2D eigenvalue weighted by molar-refractivity contribution is 0.273. The van der Waals surface area contributed by atoms with Gasteiger partial charge >= 0.3 is 0 Å². The highest BCUT2D eigenvalue weighted by Crippen LogP contribution is 2.29. The maximum atomic E-state index is 4.96. The van der Waals surface area contributed by atoms with Crippen molar-refractivity contribution in [3.63, 3.8) is 0 Å². The Hall–Kier alpha value is -0.380. The fourth-order valence-corrected chi connectivity index (χ4v) is 1.53. The van der Waals surface area contributed by atoms with Crippen LogP contribution in [-0.2, 0) is 6.42 Å². The van der Waals surface area contributed by atoms with Gasteiger partial charge in [0.25, 0.3) is 0 Å². The quantitative estimate of drug-likeness (QED) is 0.761. The lowest BCUT2D eigenvalue weighted by Gasteiger charge is -2.23. The largest absolute Gasteiger partial charge is 0.338 e. The maximum Gasteiger partial charge on any atom is 0.238 e. The molecule has 0 aliphatic heterocycles. The minimum Gasteiger partial charge on any atom is -0.338 e. The van der Waals surface area contributed by atoms with E-state index in [-0.39, 0.29) is 0 Å². The molecule has 1 heterocycles. The van der Waals surface area contributed by atoms with Crippen molar-refractivity contribution in [3.8, 4) is 0 Å². The molecule has 1 aromatic heterocycles. The number of halogens is 1. The molecule has 1 fully saturated rings. The van der Waals surface area contributed by atoms with Gasteiger partial charge in [0, 0.05) is 6.42 Å². The number of hydrogen-bond donors (Lipinski definition) is 0. The van der Waals surface area contributed by atoms with Gasteiger partial charge in [-0.25, -0.2) is 0 Å². The van der Waals surface area contributed by atoms with Crippen LogP contribution in [0.4, 0.5) is 0 Å². The van der Waals surface area contributed by atoms with E-state index in [4.69, 9.17) is 4.52 Å². The Morgan fingerprint density at radius 3 is 2.82 bits per heavy atom. The van der Waals surface area contributed by atoms with Crippen molar-refractivity contribution in [2.75, 3.05) is 0 Å². The van der Waals surface area contributed by atoms with Crippen molar-refractivity contribution in [2.45, 2.75) is 25.7 Å². The Bertz CT molecular complexity index is 244. The van der Waals surface area contributed by atoms with E-state index in [0.29, 0.717) is 4.73 Å². The first-order valence-electron chi connectivity index (χ1n) is 3.82. The molecule has 1 saturated carbocycles. The predicted molar refractivity (Wildman–Crippen MR) is 43.0 cm³/mol. The van der Waals surface area contributed by atoms with Crippen molar-refractivity contribution < 1.29 is 4.52 Å². The standard InChI is InChI=1S/C7H9BrN2O/c8-7-9-6(11-10-7)4-5-2-1-3-5/h5H,1-4H2. The Morgan fingerprint density at radius 2 is 2.36 bits per heavy atom. The number of rotatable bonds is 2. The summed E-state index contributed by atoms with van der Waals surface area (Å²) in [7, 11) is 0. The second-order valence-electron chi connectivity index (χ2n) is 2.96. The molecule has 4 heteroatoms. The van der Waals surface area contributed by atoms with Gasteiger partial charge in [0.2, 0.25) is 10.6 Å². The summed E-state index contributed by atoms with van der Waals surface area (Å²) in [5.74, 6) is 1.56. The number of nitrogens with zero attached hydrogens (tertiary/aromatic N) is 2. The highest BCUT2D eigenvalue weighted by molar-refractivity contribution is 9.10. The van der Waals surface area contributed by atoms with Crippen LogP contribution in [0.5, 0.6) is 0 Å². The molecule has 11 heavy (non-hydrogen) atoms. The average molecular weight is 217 g/mol. The summed E-state index contributed by atoms with van der Waals surface area (Å²) in [5.41, 5.74) is 0. The third kappa shape index (κ3) is 1.61. The summed E-state index contributed by atoms with van der Waals surface area (Å²) in [6.45, 7) is 0. The smallest absolute Gasteiger partial charge is 0.238 e. The molecular weight excluding hydrogens is 208 g/mol. The van der Waals surface area contributed by atoms with Crippen molar-refractivity contribution in [1.29, 1.82) is 0 Å². The first kappa shape index (κ1) is 7.28. The van der Waals surface area contributed by atoms with Crippen LogP contribution in [0, 0.1) is 5.92 Å². The Morgan fingerprint density at radius 1 is 1.55 bits per heavy atom. The van der Waals surface area contributed by atoms with Crippen LogP contribution in [-0.4, -0.2) is 10.1 Å². The summed E-state index contributed by atoms with van der Waals surface area (Å²) >= 11 is 3.15. The third-order valence-electron chi connectivity index (χ3n) is 2.13. The van der Waals surface area contributed by atoms with Crippen molar-refractivity contribution >= 4 is 15.9 Å². The molecule has 2 rings (SSSR count). The zero-order valence-corrected chi connectivity index (χ0v) is 7.67. The van der Waals surface area contributed by atoms with Gasteiger partial charge in [-0.05, 0) is 39.8 Å². The van der Waals surface area contributed by atoms with Gasteiger partial charge in [0.1, 0.15) is 0 Å². The molecule has 60 valence electrons. The van der Waals surface area contributed by atoms with Crippen LogP contribution in [0.25, 0.3) is 0 Å². The van der Waals surface area contributed by atoms with Crippen molar-refractivity contribution in [1.82, 2.24) is 10.1 Å². The van der Waals surface area contributed by atoms with Crippen LogP contribution in [0.15, 0.2) is 9.26 Å². The number of aromatic nitrogens is 2. The summed E-state index contributed by atoms with van der Waals surface area (Å²) < 4.78 is 5.52. The molecule has 0 saturated heterocycles. The van der Waals surface area contributed by atoms with E-state index in [2.05, 4.69) is 26.1 Å². The van der Waals surface area contributed by atoms with Gasteiger partial charge in [-0.2, -0.15) is 4.98 Å². The van der Waals surface area contributed by atoms with E-state index >= 15 is 0 Å². The van der Waals surface area contributed by atoms with Crippen LogP contribution >= 0.6 is 15.9 Å². The molecule has 0 N–H and O–H groups in total. The first-order valence-corrected chi connectivity index (χ1v) is 4.62. The summed E-state index contributed by atoms with van der Waals surface area (Å²) in [6.07, 6.45) is 4.96. The summed E-state index contributed by atoms with van der Waals surface area (Å²) in [6, 6.07) is 0. The van der Waals surface area contributed by atoms with Gasteiger partial charge in [0.15, 0.2) is 0 Å². The second-order valence-corrected chi connectivity index (χ2v) is 3.67. The second kappa shape index (κ2) is 2.93. The zero-order chi connectivity index (χ0) is 7.68. The monoisotopic (exact) mass is 216 g/mol. The lowest BCUT2D eigenvalue weighted by atomic mass is 9.83. The lowest BCUT2D eigenvalue weighted by Crippen LogP contribution is -2.13. The van der Waals surface area contributed by atoms with E-state index < -0.39 is 0 Å². The van der Waals surface area contributed by atoms with Gasteiger partial charge in [-0.15, -0.1) is 0 Å². The normalized spacial score (nSPS) is 18.3. The summed E-state index contributed by atoms with van der Waals surface area (Å²) in [4.78, 5) is 4.07. The first-order chi connectivity index (χ1) is 5.34. The van der Waals surface area contributed by atoms with E-state index in [9.17, 15) is 0 Å². The minimum absolute atomic E-state index is 0.562. The van der Waals surface area contributed by atoms with Crippen LogP contribution in [0.2, 0.25) is 0 Å². The third-order valence-corrected chi connectivity index (χ3v) is 2.45. The Balaban J connectivity index is 1.95. The fourth-order valence-electron chi connectivity index (χ4n) is 1.26. The van der Waals surface area contributed by atoms with E-state index in [1.807, 2.05) is 0 Å². The van der Waals surface area contributed by atoms with Crippen LogP contribution in [0.1, 0.15) is 25.2 Å². The highest BCUT2D eigenvalue weighted by atomic mass is 79.9. The Kier molecular flexibility index (Phi) is 1.94. The van der Waals surface area contributed by atoms with E-state index in [1.54, 1.807) is 0 Å². The van der Waals surface area contributed by atoms with E-state index in [1.165, 1.54) is 19.3 Å². The van der Waals surface area contributed by atoms with Gasteiger partial charge in [-0.1, -0.05) is 6.42 Å². The van der Waals surface area contributed by atoms with Gasteiger partial charge < -0.3 is 4.52 Å². The molecule has 3 nitrogen and oxygen atoms in total. The highest BCUT2D eigenvalue weighted by Gasteiger charge is 2.20. The average Bonchev–Trinajstić information content (AvgIpc) is 2.27. The molecule has 1 aliphatic carbocycles. The molecule has 1 aliphatic rings. The van der Waals surface area contributed by atoms with Crippen molar-refractivity contribution in [2.24, 2.45) is 5.92 Å². The minimum atomic E-state index is 0.562. The fraction of sp³-hybridized carbons (Fsp3) is 0.714. The maximum absolute atomic E-state index is 4.96. The zero-order valence-electron chi connectivity index (χ0n) is 6.09. The van der Waals surface area contributed by atoms with Gasteiger partial charge in [-0.3, -0.25) is 0 Å². The topological polar surface area (TPSA) is 38.9 Å². The summed E-state index contributed by atoms with van der Waals surface area (Å²) in [5, 5.41) is 3.66. The predicted octanol–water partition coefficient (Wildman–Crippen LogP) is 2.17. The van der Waals surface area contributed by atoms with Crippen LogP contribution < -0.4 is 0 Å². The molecule has 0 atom stereocenters. The number of hydrogen-bond acceptors (Lipinski definition) is 3. The van der Waals surface area contributed by atoms with Crippen molar-refractivity contribution in [3.05, 3.63) is 10.6 Å². The Labute approximate surface area is 73.3 Å².